The van der Waals surface area contributed by atoms with Crippen LogP contribution in [-0.2, 0) is 4.74 Å². The first-order valence-electron chi connectivity index (χ1n) is 8.29. The van der Waals surface area contributed by atoms with Crippen LogP contribution in [0.2, 0.25) is 0 Å². The number of esters is 1. The van der Waals surface area contributed by atoms with Gasteiger partial charge >= 0.3 is 5.97 Å². The Morgan fingerprint density at radius 3 is 2.56 bits per heavy atom. The Morgan fingerprint density at radius 1 is 0.960 bits per heavy atom. The smallest absolute Gasteiger partial charge is 0.339 e. The van der Waals surface area contributed by atoms with Crippen LogP contribution in [0.5, 0.6) is 0 Å². The minimum Gasteiger partial charge on any atom is -0.447 e. The molecule has 1 unspecified atom stereocenters. The average molecular weight is 327 g/mol. The highest BCUT2D eigenvalue weighted by Crippen LogP contribution is 2.30. The second kappa shape index (κ2) is 6.73. The Hall–Kier alpha value is -3.20. The molecule has 3 nitrogen and oxygen atoms in total. The van der Waals surface area contributed by atoms with Gasteiger partial charge in [0.05, 0.1) is 16.8 Å². The second-order valence-electron chi connectivity index (χ2n) is 5.92. The number of ether oxygens (including phenoxy) is 1. The van der Waals surface area contributed by atoms with Gasteiger partial charge in [-0.1, -0.05) is 60.7 Å². The fraction of sp³-hybridized carbons (Fsp3) is 0.0909. The van der Waals surface area contributed by atoms with E-state index in [1.807, 2.05) is 60.7 Å². The van der Waals surface area contributed by atoms with Crippen molar-refractivity contribution in [3.63, 3.8) is 0 Å². The molecule has 0 saturated heterocycles. The van der Waals surface area contributed by atoms with Gasteiger partial charge in [0.15, 0.2) is 6.10 Å². The Balaban J connectivity index is 1.70. The number of carbonyl (C=O) groups excluding carboxylic acids is 1. The highest BCUT2D eigenvalue weighted by atomic mass is 16.5. The predicted molar refractivity (Wildman–Crippen MR) is 98.2 cm³/mol. The lowest BCUT2D eigenvalue weighted by Crippen LogP contribution is -2.14. The van der Waals surface area contributed by atoms with Crippen molar-refractivity contribution >= 4 is 16.9 Å². The normalized spacial score (nSPS) is 14.3. The van der Waals surface area contributed by atoms with E-state index >= 15 is 0 Å². The Morgan fingerprint density at radius 2 is 1.76 bits per heavy atom. The van der Waals surface area contributed by atoms with Crippen LogP contribution >= 0.6 is 0 Å². The Kier molecular flexibility index (Phi) is 4.13. The minimum absolute atomic E-state index is 0.346. The molecule has 1 aliphatic rings. The van der Waals surface area contributed by atoms with Crippen LogP contribution in [0.4, 0.5) is 0 Å². The lowest BCUT2D eigenvalue weighted by molar-refractivity contribution is 0.0370. The number of aromatic nitrogens is 1. The molecule has 0 N–H and O–H groups in total. The zero-order valence-electron chi connectivity index (χ0n) is 13.6. The second-order valence-corrected chi connectivity index (χ2v) is 5.92. The van der Waals surface area contributed by atoms with Crippen molar-refractivity contribution in [2.24, 2.45) is 0 Å². The SMILES string of the molecule is O=C(OC(C1=CCC=C1)c1ccc2ccccc2n1)c1ccccc1. The van der Waals surface area contributed by atoms with E-state index in [4.69, 9.17) is 9.72 Å². The summed E-state index contributed by atoms with van der Waals surface area (Å²) in [5, 5.41) is 1.07. The van der Waals surface area contributed by atoms with Gasteiger partial charge in [0, 0.05) is 5.39 Å². The number of hydrogen-bond acceptors (Lipinski definition) is 3. The molecule has 1 aromatic heterocycles. The lowest BCUT2D eigenvalue weighted by atomic mass is 10.1. The zero-order chi connectivity index (χ0) is 17.1. The lowest BCUT2D eigenvalue weighted by Gasteiger charge is -2.18. The van der Waals surface area contributed by atoms with Crippen molar-refractivity contribution < 1.29 is 9.53 Å². The monoisotopic (exact) mass is 327 g/mol. The van der Waals surface area contributed by atoms with Crippen molar-refractivity contribution in [3.8, 4) is 0 Å². The van der Waals surface area contributed by atoms with Gasteiger partial charge in [-0.2, -0.15) is 0 Å². The first-order valence-corrected chi connectivity index (χ1v) is 8.29. The number of pyridine rings is 1. The first-order chi connectivity index (χ1) is 12.3. The molecule has 0 fully saturated rings. The minimum atomic E-state index is -0.504. The molecule has 4 rings (SSSR count). The van der Waals surface area contributed by atoms with Crippen LogP contribution in [0.3, 0.4) is 0 Å². The van der Waals surface area contributed by atoms with Crippen LogP contribution in [0, 0.1) is 0 Å². The van der Waals surface area contributed by atoms with Crippen molar-refractivity contribution in [1.82, 2.24) is 4.98 Å². The van der Waals surface area contributed by atoms with Crippen LogP contribution in [0.1, 0.15) is 28.6 Å². The molecule has 0 amide bonds. The fourth-order valence-corrected chi connectivity index (χ4v) is 2.95. The van der Waals surface area contributed by atoms with E-state index < -0.39 is 6.10 Å². The highest BCUT2D eigenvalue weighted by Gasteiger charge is 2.23. The number of para-hydroxylation sites is 1. The number of rotatable bonds is 4. The molecule has 1 aliphatic carbocycles. The summed E-state index contributed by atoms with van der Waals surface area (Å²) < 4.78 is 5.83. The van der Waals surface area contributed by atoms with Crippen LogP contribution in [0.15, 0.2) is 90.5 Å². The summed E-state index contributed by atoms with van der Waals surface area (Å²) in [5.41, 5.74) is 3.13. The Bertz CT molecular complexity index is 973. The fourth-order valence-electron chi connectivity index (χ4n) is 2.95. The van der Waals surface area contributed by atoms with E-state index in [1.54, 1.807) is 12.1 Å². The van der Waals surface area contributed by atoms with E-state index in [0.29, 0.717) is 5.56 Å². The summed E-state index contributed by atoms with van der Waals surface area (Å²) in [4.78, 5) is 17.3. The molecule has 3 aromatic rings. The molecule has 0 aliphatic heterocycles. The van der Waals surface area contributed by atoms with E-state index in [2.05, 4.69) is 12.2 Å². The third-order valence-electron chi connectivity index (χ3n) is 4.23. The van der Waals surface area contributed by atoms with Crippen molar-refractivity contribution in [2.45, 2.75) is 12.5 Å². The summed E-state index contributed by atoms with van der Waals surface area (Å²) >= 11 is 0. The number of benzene rings is 2. The molecule has 2 aromatic carbocycles. The quantitative estimate of drug-likeness (QED) is 0.632. The number of hydrogen-bond donors (Lipinski definition) is 0. The van der Waals surface area contributed by atoms with E-state index in [0.717, 1.165) is 28.6 Å². The van der Waals surface area contributed by atoms with Crippen molar-refractivity contribution in [2.75, 3.05) is 0 Å². The molecule has 3 heteroatoms. The van der Waals surface area contributed by atoms with E-state index in [-0.39, 0.29) is 5.97 Å². The number of allylic oxidation sites excluding steroid dienone is 2. The van der Waals surface area contributed by atoms with Gasteiger partial charge in [-0.05, 0) is 36.3 Å². The molecule has 122 valence electrons. The third-order valence-corrected chi connectivity index (χ3v) is 4.23. The maximum absolute atomic E-state index is 12.5. The Labute approximate surface area is 146 Å². The van der Waals surface area contributed by atoms with Crippen molar-refractivity contribution in [3.05, 3.63) is 102 Å². The molecule has 1 atom stereocenters. The molecule has 0 bridgehead atoms. The van der Waals surface area contributed by atoms with Gasteiger partial charge in [-0.25, -0.2) is 9.78 Å². The number of fused-ring (bicyclic) bond motifs is 1. The summed E-state index contributed by atoms with van der Waals surface area (Å²) in [5.74, 6) is -0.346. The highest BCUT2D eigenvalue weighted by molar-refractivity contribution is 5.89. The summed E-state index contributed by atoms with van der Waals surface area (Å²) in [7, 11) is 0. The van der Waals surface area contributed by atoms with Gasteiger partial charge in [0.2, 0.25) is 0 Å². The van der Waals surface area contributed by atoms with Gasteiger partial charge < -0.3 is 4.74 Å². The van der Waals surface area contributed by atoms with Crippen molar-refractivity contribution in [1.29, 1.82) is 0 Å². The summed E-state index contributed by atoms with van der Waals surface area (Å²) in [6, 6.07) is 20.9. The summed E-state index contributed by atoms with van der Waals surface area (Å²) in [6.45, 7) is 0. The van der Waals surface area contributed by atoms with Gasteiger partial charge in [-0.3, -0.25) is 0 Å². The standard InChI is InChI=1S/C22H17NO2/c24-22(18-11-2-1-3-12-18)25-21(17-9-4-5-10-17)20-15-14-16-8-6-7-13-19(16)23-20/h1-4,6-15,21H,5H2. The van der Waals surface area contributed by atoms with Crippen LogP contribution in [-0.4, -0.2) is 11.0 Å². The number of nitrogens with zero attached hydrogens (tertiary/aromatic N) is 1. The molecule has 1 heterocycles. The van der Waals surface area contributed by atoms with E-state index in [9.17, 15) is 4.79 Å². The summed E-state index contributed by atoms with van der Waals surface area (Å²) in [6.07, 6.45) is 6.47. The largest absolute Gasteiger partial charge is 0.447 e. The van der Waals surface area contributed by atoms with E-state index in [1.165, 1.54) is 0 Å². The molecular weight excluding hydrogens is 310 g/mol. The average Bonchev–Trinajstić information content (AvgIpc) is 3.20. The van der Waals surface area contributed by atoms with Gasteiger partial charge in [-0.15, -0.1) is 0 Å². The zero-order valence-corrected chi connectivity index (χ0v) is 13.6. The van der Waals surface area contributed by atoms with Crippen LogP contribution in [0.25, 0.3) is 10.9 Å². The number of carbonyl (C=O) groups is 1. The molecule has 0 saturated carbocycles. The van der Waals surface area contributed by atoms with Gasteiger partial charge in [0.25, 0.3) is 0 Å². The maximum atomic E-state index is 12.5. The first kappa shape index (κ1) is 15.3. The third kappa shape index (κ3) is 3.22. The molecule has 0 radical (unpaired) electrons. The van der Waals surface area contributed by atoms with Crippen LogP contribution < -0.4 is 0 Å². The maximum Gasteiger partial charge on any atom is 0.339 e. The molecule has 25 heavy (non-hydrogen) atoms. The van der Waals surface area contributed by atoms with Gasteiger partial charge in [0.1, 0.15) is 0 Å². The molecular formula is C22H17NO2. The topological polar surface area (TPSA) is 39.2 Å². The predicted octanol–water partition coefficient (Wildman–Crippen LogP) is 5.02. The molecule has 0 spiro atoms.